The van der Waals surface area contributed by atoms with Crippen LogP contribution in [0.15, 0.2) is 24.3 Å². The fourth-order valence-corrected chi connectivity index (χ4v) is 4.71. The van der Waals surface area contributed by atoms with Crippen LogP contribution >= 0.6 is 0 Å². The van der Waals surface area contributed by atoms with Crippen molar-refractivity contribution in [1.82, 2.24) is 0 Å². The molecule has 0 N–H and O–H groups in total. The summed E-state index contributed by atoms with van der Waals surface area (Å²) in [5.74, 6) is 0.663. The van der Waals surface area contributed by atoms with Gasteiger partial charge in [0.25, 0.3) is 0 Å². The zero-order valence-electron chi connectivity index (χ0n) is 15.5. The summed E-state index contributed by atoms with van der Waals surface area (Å²) < 4.78 is 0. The van der Waals surface area contributed by atoms with E-state index in [1.54, 1.807) is 5.56 Å². The van der Waals surface area contributed by atoms with E-state index in [0.717, 1.165) is 6.54 Å². The van der Waals surface area contributed by atoms with E-state index in [9.17, 15) is 0 Å². The largest absolute Gasteiger partial charge is 0.370 e. The van der Waals surface area contributed by atoms with Crippen LogP contribution in [-0.4, -0.2) is 13.1 Å². The topological polar surface area (TPSA) is 3.24 Å². The molecule has 1 aliphatic heterocycles. The molecule has 1 aliphatic rings. The van der Waals surface area contributed by atoms with Crippen LogP contribution in [0.5, 0.6) is 0 Å². The van der Waals surface area contributed by atoms with Crippen molar-refractivity contribution in [2.45, 2.75) is 53.9 Å². The molecule has 0 aromatic heterocycles. The molecule has 1 saturated heterocycles. The van der Waals surface area contributed by atoms with E-state index in [2.05, 4.69) is 70.7 Å². The molecule has 0 unspecified atom stereocenters. The molecule has 0 bridgehead atoms. The highest BCUT2D eigenvalue weighted by Gasteiger charge is 2.27. The van der Waals surface area contributed by atoms with Gasteiger partial charge in [-0.1, -0.05) is 35.4 Å². The molecule has 0 aliphatic carbocycles. The Morgan fingerprint density at radius 1 is 0.739 bits per heavy atom. The molecular formula is C22H29N. The second kappa shape index (κ2) is 6.03. The molecule has 1 fully saturated rings. The monoisotopic (exact) mass is 307 g/mol. The Morgan fingerprint density at radius 3 is 1.74 bits per heavy atom. The lowest BCUT2D eigenvalue weighted by Gasteiger charge is -2.25. The average molecular weight is 307 g/mol. The van der Waals surface area contributed by atoms with Gasteiger partial charge in [-0.2, -0.15) is 0 Å². The van der Waals surface area contributed by atoms with Gasteiger partial charge in [-0.3, -0.25) is 0 Å². The van der Waals surface area contributed by atoms with Gasteiger partial charge in [-0.15, -0.1) is 0 Å². The molecule has 1 heteroatoms. The Labute approximate surface area is 141 Å². The van der Waals surface area contributed by atoms with E-state index >= 15 is 0 Å². The molecule has 122 valence electrons. The lowest BCUT2D eigenvalue weighted by atomic mass is 9.89. The molecule has 2 aromatic carbocycles. The molecule has 1 heterocycles. The van der Waals surface area contributed by atoms with Crippen LogP contribution in [0.3, 0.4) is 0 Å². The van der Waals surface area contributed by atoms with Crippen LogP contribution in [-0.2, 0) is 0 Å². The fourth-order valence-electron chi connectivity index (χ4n) is 4.71. The van der Waals surface area contributed by atoms with Crippen LogP contribution in [0, 0.1) is 41.5 Å². The highest BCUT2D eigenvalue weighted by atomic mass is 15.2. The van der Waals surface area contributed by atoms with Crippen molar-refractivity contribution in [3.8, 4) is 0 Å². The van der Waals surface area contributed by atoms with Gasteiger partial charge in [0.2, 0.25) is 0 Å². The summed E-state index contributed by atoms with van der Waals surface area (Å²) in [5.41, 5.74) is 11.5. The highest BCUT2D eigenvalue weighted by Crippen LogP contribution is 2.37. The van der Waals surface area contributed by atoms with Crippen LogP contribution in [0.2, 0.25) is 0 Å². The van der Waals surface area contributed by atoms with Gasteiger partial charge in [0.1, 0.15) is 0 Å². The summed E-state index contributed by atoms with van der Waals surface area (Å²) in [5, 5.41) is 0. The number of nitrogens with zero attached hydrogens (tertiary/aromatic N) is 1. The molecule has 23 heavy (non-hydrogen) atoms. The highest BCUT2D eigenvalue weighted by molar-refractivity contribution is 5.61. The third-order valence-corrected chi connectivity index (χ3v) is 5.29. The normalized spacial score (nSPS) is 17.8. The molecule has 3 rings (SSSR count). The number of benzene rings is 2. The van der Waals surface area contributed by atoms with Crippen molar-refractivity contribution in [1.29, 1.82) is 0 Å². The lowest BCUT2D eigenvalue weighted by molar-refractivity contribution is 0.761. The smallest absolute Gasteiger partial charge is 0.0426 e. The number of rotatable bonds is 2. The predicted molar refractivity (Wildman–Crippen MR) is 101 cm³/mol. The van der Waals surface area contributed by atoms with Gasteiger partial charge in [0.05, 0.1) is 0 Å². The lowest BCUT2D eigenvalue weighted by Crippen LogP contribution is -2.21. The molecule has 0 saturated carbocycles. The summed E-state index contributed by atoms with van der Waals surface area (Å²) in [7, 11) is 0. The van der Waals surface area contributed by atoms with Gasteiger partial charge < -0.3 is 4.90 Å². The second-order valence-corrected chi connectivity index (χ2v) is 7.49. The number of hydrogen-bond donors (Lipinski definition) is 0. The fraction of sp³-hybridized carbons (Fsp3) is 0.455. The molecule has 0 amide bonds. The van der Waals surface area contributed by atoms with E-state index in [4.69, 9.17) is 0 Å². The average Bonchev–Trinajstić information content (AvgIpc) is 2.85. The minimum Gasteiger partial charge on any atom is -0.370 e. The van der Waals surface area contributed by atoms with Crippen LogP contribution in [0.25, 0.3) is 0 Å². The Balaban J connectivity index is 1.91. The number of hydrogen-bond acceptors (Lipinski definition) is 1. The van der Waals surface area contributed by atoms with Crippen molar-refractivity contribution in [2.24, 2.45) is 0 Å². The minimum absolute atomic E-state index is 0.663. The Morgan fingerprint density at radius 2 is 1.22 bits per heavy atom. The first-order valence-electron chi connectivity index (χ1n) is 8.77. The van der Waals surface area contributed by atoms with Crippen molar-refractivity contribution in [2.75, 3.05) is 18.0 Å². The molecular weight excluding hydrogens is 278 g/mol. The van der Waals surface area contributed by atoms with Gasteiger partial charge >= 0.3 is 0 Å². The summed E-state index contributed by atoms with van der Waals surface area (Å²) in [6, 6.07) is 9.32. The van der Waals surface area contributed by atoms with E-state index < -0.39 is 0 Å². The maximum Gasteiger partial charge on any atom is 0.0426 e. The molecule has 1 atom stereocenters. The zero-order valence-corrected chi connectivity index (χ0v) is 15.5. The molecule has 1 nitrogen and oxygen atoms in total. The minimum atomic E-state index is 0.663. The Bertz CT molecular complexity index is 632. The maximum absolute atomic E-state index is 2.60. The van der Waals surface area contributed by atoms with E-state index in [1.165, 1.54) is 52.0 Å². The standard InChI is InChI=1S/C22H29N/c1-14-9-16(3)21(17(4)10-14)20-7-8-23(13-20)22-18(5)11-15(2)12-19(22)6/h9-12,20H,7-8,13H2,1-6H3/t20-/m0/s1. The third kappa shape index (κ3) is 3.02. The SMILES string of the molecule is Cc1cc(C)c([C@H]2CCN(c3c(C)cc(C)cc3C)C2)c(C)c1. The first kappa shape index (κ1) is 16.1. The van der Waals surface area contributed by atoms with Gasteiger partial charge in [0.15, 0.2) is 0 Å². The van der Waals surface area contributed by atoms with Crippen molar-refractivity contribution in [3.05, 3.63) is 63.2 Å². The van der Waals surface area contributed by atoms with Crippen LogP contribution in [0.1, 0.15) is 51.3 Å². The van der Waals surface area contributed by atoms with Gasteiger partial charge in [-0.25, -0.2) is 0 Å². The Hall–Kier alpha value is -1.76. The third-order valence-electron chi connectivity index (χ3n) is 5.29. The summed E-state index contributed by atoms with van der Waals surface area (Å²) in [4.78, 5) is 2.60. The first-order chi connectivity index (χ1) is 10.9. The molecule has 0 radical (unpaired) electrons. The number of anilines is 1. The van der Waals surface area contributed by atoms with E-state index in [1.807, 2.05) is 0 Å². The van der Waals surface area contributed by atoms with Gasteiger partial charge in [-0.05, 0) is 75.8 Å². The van der Waals surface area contributed by atoms with E-state index in [-0.39, 0.29) is 0 Å². The van der Waals surface area contributed by atoms with Crippen molar-refractivity contribution >= 4 is 5.69 Å². The summed E-state index contributed by atoms with van der Waals surface area (Å²) in [6.45, 7) is 15.8. The predicted octanol–water partition coefficient (Wildman–Crippen LogP) is 5.53. The number of aryl methyl sites for hydroxylation is 6. The van der Waals surface area contributed by atoms with Crippen molar-refractivity contribution in [3.63, 3.8) is 0 Å². The quantitative estimate of drug-likeness (QED) is 0.705. The summed E-state index contributed by atoms with van der Waals surface area (Å²) in [6.07, 6.45) is 1.26. The van der Waals surface area contributed by atoms with E-state index in [0.29, 0.717) is 5.92 Å². The van der Waals surface area contributed by atoms with Crippen molar-refractivity contribution < 1.29 is 0 Å². The maximum atomic E-state index is 2.60. The Kier molecular flexibility index (Phi) is 4.23. The summed E-state index contributed by atoms with van der Waals surface area (Å²) >= 11 is 0. The zero-order chi connectivity index (χ0) is 16.7. The van der Waals surface area contributed by atoms with Gasteiger partial charge in [0, 0.05) is 24.7 Å². The second-order valence-electron chi connectivity index (χ2n) is 7.49. The molecule has 2 aromatic rings. The van der Waals surface area contributed by atoms with Crippen LogP contribution in [0.4, 0.5) is 5.69 Å². The van der Waals surface area contributed by atoms with Crippen LogP contribution < -0.4 is 4.90 Å². The first-order valence-corrected chi connectivity index (χ1v) is 8.77. The molecule has 0 spiro atoms.